The summed E-state index contributed by atoms with van der Waals surface area (Å²) in [6.07, 6.45) is 3.78. The molecule has 0 aliphatic heterocycles. The topological polar surface area (TPSA) is 88.9 Å². The molecule has 7 heteroatoms. The maximum absolute atomic E-state index is 12.3. The zero-order valence-electron chi connectivity index (χ0n) is 14.1. The predicted molar refractivity (Wildman–Crippen MR) is 107 cm³/mol. The van der Waals surface area contributed by atoms with Gasteiger partial charge in [-0.25, -0.2) is 0 Å². The van der Waals surface area contributed by atoms with Gasteiger partial charge < -0.3 is 15.4 Å². The van der Waals surface area contributed by atoms with Gasteiger partial charge in [0.05, 0.1) is 5.02 Å². The molecule has 3 N–H and O–H groups in total. The van der Waals surface area contributed by atoms with E-state index in [1.54, 1.807) is 0 Å². The molecule has 0 spiro atoms. The minimum Gasteiger partial charge on any atom is -0.506 e. The number of nitrogens with zero attached hydrogens (tertiary/aromatic N) is 1. The maximum atomic E-state index is 12.3. The highest BCUT2D eigenvalue weighted by atomic mass is 35.5. The summed E-state index contributed by atoms with van der Waals surface area (Å²) in [4.78, 5) is 15.5. The number of aromatic hydroxyl groups is 1. The lowest BCUT2D eigenvalue weighted by Gasteiger charge is -2.06. The highest BCUT2D eigenvalue weighted by Crippen LogP contribution is 2.32. The number of hydrogen-bond acceptors (Lipinski definition) is 3. The molecule has 3 aromatic rings. The summed E-state index contributed by atoms with van der Waals surface area (Å²) in [5.74, 6) is -0.770. The molecule has 5 nitrogen and oxygen atoms in total. The number of phenols is 1. The Morgan fingerprint density at radius 3 is 2.85 bits per heavy atom. The van der Waals surface area contributed by atoms with E-state index in [4.69, 9.17) is 23.2 Å². The Morgan fingerprint density at radius 2 is 2.07 bits per heavy atom. The van der Waals surface area contributed by atoms with Crippen molar-refractivity contribution in [3.05, 3.63) is 69.3 Å². The summed E-state index contributed by atoms with van der Waals surface area (Å²) in [5, 5.41) is 23.4. The molecule has 3 rings (SSSR count). The lowest BCUT2D eigenvalue weighted by molar-refractivity contribution is -0.117. The van der Waals surface area contributed by atoms with E-state index in [1.165, 1.54) is 18.2 Å². The van der Waals surface area contributed by atoms with Crippen molar-refractivity contribution in [1.82, 2.24) is 10.3 Å². The third kappa shape index (κ3) is 4.25. The molecular formula is C20H15Cl2N3O2. The van der Waals surface area contributed by atoms with E-state index in [0.29, 0.717) is 18.0 Å². The van der Waals surface area contributed by atoms with Crippen molar-refractivity contribution in [2.75, 3.05) is 6.54 Å². The van der Waals surface area contributed by atoms with Crippen LogP contribution in [-0.2, 0) is 11.2 Å². The van der Waals surface area contributed by atoms with Gasteiger partial charge in [-0.05, 0) is 36.3 Å². The summed E-state index contributed by atoms with van der Waals surface area (Å²) in [7, 11) is 0. The number of aromatic amines is 1. The van der Waals surface area contributed by atoms with Crippen LogP contribution in [-0.4, -0.2) is 22.5 Å². The Bertz CT molecular complexity index is 1080. The first-order chi connectivity index (χ1) is 13.0. The van der Waals surface area contributed by atoms with E-state index in [9.17, 15) is 15.2 Å². The Hall–Kier alpha value is -2.94. The molecule has 0 aliphatic carbocycles. The lowest BCUT2D eigenvalue weighted by atomic mass is 10.1. The first-order valence-corrected chi connectivity index (χ1v) is 8.88. The quantitative estimate of drug-likeness (QED) is 0.437. The van der Waals surface area contributed by atoms with Crippen molar-refractivity contribution in [3.63, 3.8) is 0 Å². The molecule has 0 aliphatic rings. The van der Waals surface area contributed by atoms with Crippen LogP contribution in [0.4, 0.5) is 0 Å². The monoisotopic (exact) mass is 399 g/mol. The second kappa shape index (κ2) is 8.17. The van der Waals surface area contributed by atoms with Crippen molar-refractivity contribution >= 4 is 46.1 Å². The molecule has 0 atom stereocenters. The first-order valence-electron chi connectivity index (χ1n) is 8.12. The standard InChI is InChI=1S/C20H15Cl2N3O2/c21-15-8-13(19(26)17(22)9-15)7-14(10-23)20(27)24-6-5-12-11-25-18-4-2-1-3-16(12)18/h1-4,7-9,11,25-26H,5-6H2,(H,24,27)/b14-7-. The third-order valence-electron chi connectivity index (χ3n) is 4.08. The van der Waals surface area contributed by atoms with E-state index in [0.717, 1.165) is 16.5 Å². The molecule has 0 saturated carbocycles. The zero-order valence-corrected chi connectivity index (χ0v) is 15.6. The number of amides is 1. The zero-order chi connectivity index (χ0) is 19.4. The molecule has 0 radical (unpaired) electrons. The molecule has 1 aromatic heterocycles. The van der Waals surface area contributed by atoms with Crippen LogP contribution in [0.3, 0.4) is 0 Å². The highest BCUT2D eigenvalue weighted by Gasteiger charge is 2.13. The molecule has 1 heterocycles. The number of para-hydroxylation sites is 1. The predicted octanol–water partition coefficient (Wildman–Crippen LogP) is 4.45. The van der Waals surface area contributed by atoms with Gasteiger partial charge >= 0.3 is 0 Å². The number of rotatable bonds is 5. The van der Waals surface area contributed by atoms with Crippen LogP contribution in [0.1, 0.15) is 11.1 Å². The van der Waals surface area contributed by atoms with Crippen molar-refractivity contribution in [1.29, 1.82) is 5.26 Å². The van der Waals surface area contributed by atoms with Crippen molar-refractivity contribution < 1.29 is 9.90 Å². The Labute approximate surface area is 165 Å². The van der Waals surface area contributed by atoms with Crippen molar-refractivity contribution in [3.8, 4) is 11.8 Å². The molecule has 0 bridgehead atoms. The Kier molecular flexibility index (Phi) is 5.70. The first kappa shape index (κ1) is 18.8. The van der Waals surface area contributed by atoms with Gasteiger partial charge in [0, 0.05) is 34.2 Å². The number of phenolic OH excluding ortho intramolecular Hbond substituents is 1. The van der Waals surface area contributed by atoms with Crippen LogP contribution in [0.15, 0.2) is 48.2 Å². The number of halogens is 2. The van der Waals surface area contributed by atoms with Crippen LogP contribution in [0.25, 0.3) is 17.0 Å². The number of carbonyl (C=O) groups excluding carboxylic acids is 1. The number of H-pyrrole nitrogens is 1. The number of nitriles is 1. The average molecular weight is 400 g/mol. The second-order valence-electron chi connectivity index (χ2n) is 5.86. The minimum atomic E-state index is -0.534. The van der Waals surface area contributed by atoms with E-state index in [2.05, 4.69) is 10.3 Å². The van der Waals surface area contributed by atoms with Gasteiger partial charge in [-0.1, -0.05) is 41.4 Å². The molecule has 0 fully saturated rings. The maximum Gasteiger partial charge on any atom is 0.261 e. The fraction of sp³-hybridized carbons (Fsp3) is 0.100. The van der Waals surface area contributed by atoms with Gasteiger partial charge in [0.1, 0.15) is 17.4 Å². The van der Waals surface area contributed by atoms with Crippen molar-refractivity contribution in [2.24, 2.45) is 0 Å². The summed E-state index contributed by atoms with van der Waals surface area (Å²) < 4.78 is 0. The van der Waals surface area contributed by atoms with Crippen LogP contribution in [0.2, 0.25) is 10.0 Å². The summed E-state index contributed by atoms with van der Waals surface area (Å²) >= 11 is 11.8. The fourth-order valence-corrected chi connectivity index (χ4v) is 3.25. The summed E-state index contributed by atoms with van der Waals surface area (Å²) in [6, 6.07) is 12.5. The smallest absolute Gasteiger partial charge is 0.261 e. The second-order valence-corrected chi connectivity index (χ2v) is 6.70. The number of fused-ring (bicyclic) bond motifs is 1. The molecule has 27 heavy (non-hydrogen) atoms. The Morgan fingerprint density at radius 1 is 1.30 bits per heavy atom. The normalized spacial score (nSPS) is 11.4. The van der Waals surface area contributed by atoms with E-state index < -0.39 is 5.91 Å². The molecule has 2 aromatic carbocycles. The van der Waals surface area contributed by atoms with Crippen LogP contribution >= 0.6 is 23.2 Å². The number of aromatic nitrogens is 1. The lowest BCUT2D eigenvalue weighted by Crippen LogP contribution is -2.26. The molecule has 136 valence electrons. The highest BCUT2D eigenvalue weighted by molar-refractivity contribution is 6.35. The summed E-state index contributed by atoms with van der Waals surface area (Å²) in [5.41, 5.74) is 2.16. The van der Waals surface area contributed by atoms with Gasteiger partial charge in [0.15, 0.2) is 0 Å². The average Bonchev–Trinajstić information content (AvgIpc) is 3.06. The van der Waals surface area contributed by atoms with Gasteiger partial charge in [0.2, 0.25) is 0 Å². The fourth-order valence-electron chi connectivity index (χ4n) is 2.74. The molecule has 0 saturated heterocycles. The van der Waals surface area contributed by atoms with E-state index in [1.807, 2.05) is 36.5 Å². The largest absolute Gasteiger partial charge is 0.506 e. The van der Waals surface area contributed by atoms with Crippen LogP contribution in [0.5, 0.6) is 5.75 Å². The van der Waals surface area contributed by atoms with E-state index in [-0.39, 0.29) is 21.9 Å². The van der Waals surface area contributed by atoms with Gasteiger partial charge in [-0.15, -0.1) is 0 Å². The van der Waals surface area contributed by atoms with Crippen molar-refractivity contribution in [2.45, 2.75) is 6.42 Å². The summed E-state index contributed by atoms with van der Waals surface area (Å²) in [6.45, 7) is 0.363. The SMILES string of the molecule is N#C/C(=C/c1cc(Cl)cc(Cl)c1O)C(=O)NCCc1c[nH]c2ccccc12. The molecular weight excluding hydrogens is 385 g/mol. The number of nitrogens with one attached hydrogen (secondary N) is 2. The van der Waals surface area contributed by atoms with E-state index >= 15 is 0 Å². The van der Waals surface area contributed by atoms with Gasteiger partial charge in [-0.2, -0.15) is 5.26 Å². The minimum absolute atomic E-state index is 0.0470. The number of hydrogen-bond donors (Lipinski definition) is 3. The van der Waals surface area contributed by atoms with Gasteiger partial charge in [0.25, 0.3) is 5.91 Å². The van der Waals surface area contributed by atoms with Crippen LogP contribution < -0.4 is 5.32 Å². The number of carbonyl (C=O) groups is 1. The van der Waals surface area contributed by atoms with Crippen LogP contribution in [0, 0.1) is 11.3 Å². The van der Waals surface area contributed by atoms with Gasteiger partial charge in [-0.3, -0.25) is 4.79 Å². The Balaban J connectivity index is 1.70. The number of benzene rings is 2. The molecule has 0 unspecified atom stereocenters. The molecule has 1 amide bonds. The third-order valence-corrected chi connectivity index (χ3v) is 4.58.